The summed E-state index contributed by atoms with van der Waals surface area (Å²) in [5.74, 6) is 0.220. The van der Waals surface area contributed by atoms with Crippen LogP contribution in [0.5, 0.6) is 0 Å². The third-order valence-electron chi connectivity index (χ3n) is 4.43. The van der Waals surface area contributed by atoms with Gasteiger partial charge in [0.25, 0.3) is 0 Å². The van der Waals surface area contributed by atoms with Gasteiger partial charge in [-0.3, -0.25) is 9.78 Å². The van der Waals surface area contributed by atoms with Gasteiger partial charge in [0.2, 0.25) is 5.91 Å². The normalized spacial score (nSPS) is 17.7. The molecule has 0 spiro atoms. The zero-order valence-electron chi connectivity index (χ0n) is 12.6. The second-order valence-corrected chi connectivity index (χ2v) is 5.87. The smallest absolute Gasteiger partial charge is 0.224 e. The number of nitrogens with zero attached hydrogens (tertiary/aromatic N) is 2. The molecule has 0 saturated heterocycles. The molecule has 4 nitrogen and oxygen atoms in total. The zero-order valence-corrected chi connectivity index (χ0v) is 12.6. The second-order valence-electron chi connectivity index (χ2n) is 5.87. The molecule has 0 atom stereocenters. The Balaban J connectivity index is 1.93. The summed E-state index contributed by atoms with van der Waals surface area (Å²) < 4.78 is 0. The third kappa shape index (κ3) is 3.79. The predicted octanol–water partition coefficient (Wildman–Crippen LogP) is 2.35. The number of hydrogen-bond acceptors (Lipinski definition) is 3. The Bertz CT molecular complexity index is 427. The highest BCUT2D eigenvalue weighted by atomic mass is 16.2. The summed E-state index contributed by atoms with van der Waals surface area (Å²) >= 11 is 0. The summed E-state index contributed by atoms with van der Waals surface area (Å²) in [5, 5.41) is 3.41. The molecule has 1 N–H and O–H groups in total. The van der Waals surface area contributed by atoms with Crippen molar-refractivity contribution in [1.29, 1.82) is 0 Å². The number of aromatic nitrogens is 1. The van der Waals surface area contributed by atoms with Crippen LogP contribution < -0.4 is 5.32 Å². The molecule has 1 aromatic heterocycles. The van der Waals surface area contributed by atoms with Gasteiger partial charge >= 0.3 is 0 Å². The Morgan fingerprint density at radius 3 is 2.55 bits per heavy atom. The molecule has 1 fully saturated rings. The van der Waals surface area contributed by atoms with E-state index in [1.165, 1.54) is 19.3 Å². The lowest BCUT2D eigenvalue weighted by Gasteiger charge is -2.37. The molecule has 1 amide bonds. The van der Waals surface area contributed by atoms with Crippen LogP contribution >= 0.6 is 0 Å². The van der Waals surface area contributed by atoms with E-state index in [1.54, 1.807) is 12.4 Å². The Hall–Kier alpha value is -1.42. The molecular weight excluding hydrogens is 250 g/mol. The Morgan fingerprint density at radius 2 is 1.95 bits per heavy atom. The van der Waals surface area contributed by atoms with Crippen LogP contribution in [0.3, 0.4) is 0 Å². The summed E-state index contributed by atoms with van der Waals surface area (Å²) in [6, 6.07) is 3.91. The molecule has 0 bridgehead atoms. The Labute approximate surface area is 121 Å². The summed E-state index contributed by atoms with van der Waals surface area (Å²) in [4.78, 5) is 18.3. The molecule has 0 aliphatic heterocycles. The van der Waals surface area contributed by atoms with E-state index in [0.717, 1.165) is 18.4 Å². The number of amides is 1. The van der Waals surface area contributed by atoms with Crippen molar-refractivity contribution in [2.24, 2.45) is 0 Å². The largest absolute Gasteiger partial charge is 0.341 e. The lowest BCUT2D eigenvalue weighted by atomic mass is 9.79. The molecule has 110 valence electrons. The van der Waals surface area contributed by atoms with E-state index in [2.05, 4.69) is 10.3 Å². The van der Waals surface area contributed by atoms with Crippen molar-refractivity contribution in [2.45, 2.75) is 50.6 Å². The molecule has 1 saturated carbocycles. The molecule has 1 aliphatic rings. The van der Waals surface area contributed by atoms with Gasteiger partial charge in [0, 0.05) is 37.9 Å². The number of nitrogens with one attached hydrogen (secondary N) is 1. The first-order valence-corrected chi connectivity index (χ1v) is 7.47. The first-order valence-electron chi connectivity index (χ1n) is 7.47. The van der Waals surface area contributed by atoms with Gasteiger partial charge in [0.1, 0.15) is 0 Å². The molecule has 20 heavy (non-hydrogen) atoms. The average Bonchev–Trinajstić information content (AvgIpc) is 2.49. The molecule has 2 rings (SSSR count). The maximum absolute atomic E-state index is 12.5. The minimum absolute atomic E-state index is 0.0157. The zero-order chi connectivity index (χ0) is 14.4. The van der Waals surface area contributed by atoms with Gasteiger partial charge in [-0.15, -0.1) is 0 Å². The van der Waals surface area contributed by atoms with Gasteiger partial charge in [-0.25, -0.2) is 0 Å². The Kier molecular flexibility index (Phi) is 5.12. The highest BCUT2D eigenvalue weighted by Crippen LogP contribution is 2.31. The van der Waals surface area contributed by atoms with Crippen molar-refractivity contribution in [1.82, 2.24) is 15.2 Å². The minimum Gasteiger partial charge on any atom is -0.341 e. The van der Waals surface area contributed by atoms with Crippen LogP contribution in [-0.4, -0.2) is 35.4 Å². The van der Waals surface area contributed by atoms with Crippen molar-refractivity contribution in [3.63, 3.8) is 0 Å². The van der Waals surface area contributed by atoms with Crippen LogP contribution in [0.2, 0.25) is 0 Å². The van der Waals surface area contributed by atoms with Crippen molar-refractivity contribution in [2.75, 3.05) is 14.1 Å². The lowest BCUT2D eigenvalue weighted by Crippen LogP contribution is -2.48. The summed E-state index contributed by atoms with van der Waals surface area (Å²) in [6.07, 6.45) is 10.1. The highest BCUT2D eigenvalue weighted by Gasteiger charge is 2.33. The van der Waals surface area contributed by atoms with Crippen LogP contribution in [0.4, 0.5) is 0 Å². The molecule has 1 heterocycles. The first kappa shape index (κ1) is 15.0. The van der Waals surface area contributed by atoms with E-state index in [1.807, 2.05) is 31.1 Å². The molecule has 0 aromatic carbocycles. The molecule has 4 heteroatoms. The van der Waals surface area contributed by atoms with Crippen molar-refractivity contribution in [3.8, 4) is 0 Å². The molecule has 0 radical (unpaired) electrons. The number of hydrogen-bond donors (Lipinski definition) is 1. The van der Waals surface area contributed by atoms with Crippen LogP contribution in [-0.2, 0) is 11.3 Å². The second kappa shape index (κ2) is 6.84. The highest BCUT2D eigenvalue weighted by molar-refractivity contribution is 5.77. The van der Waals surface area contributed by atoms with Gasteiger partial charge in [-0.05, 0) is 37.6 Å². The van der Waals surface area contributed by atoms with E-state index in [9.17, 15) is 4.79 Å². The van der Waals surface area contributed by atoms with E-state index in [0.29, 0.717) is 13.0 Å². The standard InChI is InChI=1S/C16H25N3O/c1-17-16(8-4-3-5-9-16)12-15(20)19(2)13-14-6-10-18-11-7-14/h6-7,10-11,17H,3-5,8-9,12-13H2,1-2H3. The van der Waals surface area contributed by atoms with Gasteiger partial charge < -0.3 is 10.2 Å². The van der Waals surface area contributed by atoms with Crippen LogP contribution in [0.25, 0.3) is 0 Å². The van der Waals surface area contributed by atoms with Crippen LogP contribution in [0, 0.1) is 0 Å². The fourth-order valence-electron chi connectivity index (χ4n) is 3.02. The van der Waals surface area contributed by atoms with Crippen molar-refractivity contribution < 1.29 is 4.79 Å². The quantitative estimate of drug-likeness (QED) is 0.897. The molecular formula is C16H25N3O. The molecule has 1 aliphatic carbocycles. The Morgan fingerprint density at radius 1 is 1.30 bits per heavy atom. The van der Waals surface area contributed by atoms with E-state index >= 15 is 0 Å². The summed E-state index contributed by atoms with van der Waals surface area (Å²) in [5.41, 5.74) is 1.14. The lowest BCUT2D eigenvalue weighted by molar-refractivity contribution is -0.132. The number of rotatable bonds is 5. The maximum atomic E-state index is 12.5. The van der Waals surface area contributed by atoms with Crippen molar-refractivity contribution in [3.05, 3.63) is 30.1 Å². The summed E-state index contributed by atoms with van der Waals surface area (Å²) in [6.45, 7) is 0.654. The van der Waals surface area contributed by atoms with Crippen molar-refractivity contribution >= 4 is 5.91 Å². The number of carbonyl (C=O) groups is 1. The number of carbonyl (C=O) groups excluding carboxylic acids is 1. The predicted molar refractivity (Wildman–Crippen MR) is 80.2 cm³/mol. The molecule has 0 unspecified atom stereocenters. The van der Waals surface area contributed by atoms with Gasteiger partial charge in [0.05, 0.1) is 0 Å². The summed E-state index contributed by atoms with van der Waals surface area (Å²) in [7, 11) is 3.87. The van der Waals surface area contributed by atoms with Gasteiger partial charge in [-0.1, -0.05) is 19.3 Å². The fourth-order valence-corrected chi connectivity index (χ4v) is 3.02. The van der Waals surface area contributed by atoms with Gasteiger partial charge in [0.15, 0.2) is 0 Å². The van der Waals surface area contributed by atoms with Gasteiger partial charge in [-0.2, -0.15) is 0 Å². The number of pyridine rings is 1. The topological polar surface area (TPSA) is 45.2 Å². The molecule has 1 aromatic rings. The fraction of sp³-hybridized carbons (Fsp3) is 0.625. The van der Waals surface area contributed by atoms with E-state index in [4.69, 9.17) is 0 Å². The maximum Gasteiger partial charge on any atom is 0.224 e. The first-order chi connectivity index (χ1) is 9.65. The average molecular weight is 275 g/mol. The SMILES string of the molecule is CNC1(CC(=O)N(C)Cc2ccncc2)CCCCC1. The van der Waals surface area contributed by atoms with E-state index < -0.39 is 0 Å². The minimum atomic E-state index is 0.0157. The van der Waals surface area contributed by atoms with Crippen LogP contribution in [0.15, 0.2) is 24.5 Å². The monoisotopic (exact) mass is 275 g/mol. The third-order valence-corrected chi connectivity index (χ3v) is 4.43. The van der Waals surface area contributed by atoms with Crippen LogP contribution in [0.1, 0.15) is 44.1 Å². The van der Waals surface area contributed by atoms with E-state index in [-0.39, 0.29) is 11.4 Å².